The molecule has 0 unspecified atom stereocenters. The molecule has 0 bridgehead atoms. The summed E-state index contributed by atoms with van der Waals surface area (Å²) in [6, 6.07) is 9.39. The van der Waals surface area contributed by atoms with Crippen molar-refractivity contribution in [1.29, 1.82) is 5.26 Å². The summed E-state index contributed by atoms with van der Waals surface area (Å²) in [5.41, 5.74) is 0.340. The Morgan fingerprint density at radius 1 is 1.36 bits per heavy atom. The molecule has 1 aromatic carbocycles. The second-order valence-electron chi connectivity index (χ2n) is 6.20. The highest BCUT2D eigenvalue weighted by Crippen LogP contribution is 2.27. The third-order valence-electron chi connectivity index (χ3n) is 4.27. The van der Waals surface area contributed by atoms with Gasteiger partial charge in [-0.25, -0.2) is 0 Å². The van der Waals surface area contributed by atoms with E-state index in [-0.39, 0.29) is 22.3 Å². The Balaban J connectivity index is 1.72. The first-order chi connectivity index (χ1) is 13.5. The molecule has 1 atom stereocenters. The molecular weight excluding hydrogens is 384 g/mol. The largest absolute Gasteiger partial charge is 0.545 e. The van der Waals surface area contributed by atoms with Crippen LogP contribution in [0.25, 0.3) is 17.4 Å². The van der Waals surface area contributed by atoms with Gasteiger partial charge in [-0.1, -0.05) is 23.7 Å². The van der Waals surface area contributed by atoms with Crippen molar-refractivity contribution in [2.75, 3.05) is 13.2 Å². The lowest BCUT2D eigenvalue weighted by molar-refractivity contribution is -0.255. The number of hydrogen-bond donors (Lipinski definition) is 1. The van der Waals surface area contributed by atoms with Gasteiger partial charge in [-0.05, 0) is 31.0 Å². The summed E-state index contributed by atoms with van der Waals surface area (Å²) < 4.78 is 11.1. The normalized spacial score (nSPS) is 16.6. The summed E-state index contributed by atoms with van der Waals surface area (Å²) in [4.78, 5) is 23.1. The number of carbonyl (C=O) groups excluding carboxylic acids is 2. The van der Waals surface area contributed by atoms with Gasteiger partial charge in [0.25, 0.3) is 5.91 Å². The van der Waals surface area contributed by atoms with E-state index in [1.807, 2.05) is 6.07 Å². The molecule has 1 amide bonds. The maximum atomic E-state index is 12.2. The van der Waals surface area contributed by atoms with E-state index in [0.717, 1.165) is 12.8 Å². The highest BCUT2D eigenvalue weighted by atomic mass is 35.5. The van der Waals surface area contributed by atoms with E-state index >= 15 is 0 Å². The van der Waals surface area contributed by atoms with Crippen LogP contribution in [0, 0.1) is 11.3 Å². The zero-order chi connectivity index (χ0) is 20.1. The molecule has 28 heavy (non-hydrogen) atoms. The van der Waals surface area contributed by atoms with Gasteiger partial charge in [-0.15, -0.1) is 0 Å². The quantitative estimate of drug-likeness (QED) is 0.587. The first kappa shape index (κ1) is 19.7. The Hall–Kier alpha value is -3.08. The maximum Gasteiger partial charge on any atom is 0.262 e. The van der Waals surface area contributed by atoms with Crippen molar-refractivity contribution in [3.05, 3.63) is 52.3 Å². The van der Waals surface area contributed by atoms with Crippen LogP contribution in [0.2, 0.25) is 5.02 Å². The van der Waals surface area contributed by atoms with Crippen LogP contribution in [0.3, 0.4) is 0 Å². The monoisotopic (exact) mass is 399 g/mol. The maximum absolute atomic E-state index is 12.2. The number of carboxylic acids is 1. The van der Waals surface area contributed by atoms with Gasteiger partial charge in [0, 0.05) is 30.4 Å². The molecule has 144 valence electrons. The van der Waals surface area contributed by atoms with E-state index < -0.39 is 11.9 Å². The minimum atomic E-state index is -1.37. The molecule has 8 heteroatoms. The van der Waals surface area contributed by atoms with Crippen LogP contribution in [-0.2, 0) is 9.53 Å². The Morgan fingerprint density at radius 2 is 2.18 bits per heavy atom. The number of nitrogens with one attached hydrogen (secondary N) is 1. The van der Waals surface area contributed by atoms with Crippen molar-refractivity contribution >= 4 is 29.6 Å². The van der Waals surface area contributed by atoms with Crippen molar-refractivity contribution < 1.29 is 23.8 Å². The predicted octanol–water partition coefficient (Wildman–Crippen LogP) is 2.17. The minimum absolute atomic E-state index is 0.0205. The number of nitrogens with zero attached hydrogens (tertiary/aromatic N) is 1. The summed E-state index contributed by atoms with van der Waals surface area (Å²) in [5.74, 6) is -1.15. The molecule has 0 spiro atoms. The Labute approximate surface area is 166 Å². The second kappa shape index (κ2) is 8.74. The van der Waals surface area contributed by atoms with E-state index in [9.17, 15) is 20.0 Å². The van der Waals surface area contributed by atoms with Crippen LogP contribution in [0.1, 0.15) is 29.0 Å². The fourth-order valence-electron chi connectivity index (χ4n) is 2.82. The Kier molecular flexibility index (Phi) is 6.14. The summed E-state index contributed by atoms with van der Waals surface area (Å²) >= 11 is 5.94. The molecule has 1 fully saturated rings. The first-order valence-electron chi connectivity index (χ1n) is 8.60. The number of nitriles is 1. The molecule has 1 aromatic heterocycles. The smallest absolute Gasteiger partial charge is 0.262 e. The van der Waals surface area contributed by atoms with Crippen LogP contribution < -0.4 is 10.4 Å². The molecule has 3 rings (SSSR count). The number of carboxylic acid groups (broad SMARTS) is 1. The molecule has 1 aliphatic rings. The van der Waals surface area contributed by atoms with E-state index in [1.54, 1.807) is 12.1 Å². The molecule has 0 aliphatic carbocycles. The molecule has 1 saturated heterocycles. The third-order valence-corrected chi connectivity index (χ3v) is 4.58. The van der Waals surface area contributed by atoms with E-state index in [0.29, 0.717) is 30.2 Å². The highest BCUT2D eigenvalue weighted by molar-refractivity contribution is 6.33. The van der Waals surface area contributed by atoms with Crippen LogP contribution >= 0.6 is 11.6 Å². The molecular formula is C20H16ClN2O5-. The van der Waals surface area contributed by atoms with Gasteiger partial charge < -0.3 is 24.4 Å². The fraction of sp³-hybridized carbons (Fsp3) is 0.250. The van der Waals surface area contributed by atoms with Gasteiger partial charge in [0.15, 0.2) is 0 Å². The summed E-state index contributed by atoms with van der Waals surface area (Å²) in [7, 11) is 0. The third kappa shape index (κ3) is 4.60. The first-order valence-corrected chi connectivity index (χ1v) is 8.98. The molecule has 2 aromatic rings. The van der Waals surface area contributed by atoms with Crippen LogP contribution in [0.5, 0.6) is 0 Å². The Morgan fingerprint density at radius 3 is 2.82 bits per heavy atom. The van der Waals surface area contributed by atoms with Crippen molar-refractivity contribution in [3.8, 4) is 17.4 Å². The zero-order valence-corrected chi connectivity index (χ0v) is 15.5. The number of hydrogen-bond acceptors (Lipinski definition) is 6. The summed E-state index contributed by atoms with van der Waals surface area (Å²) in [6.07, 6.45) is 3.16. The molecule has 7 nitrogen and oxygen atoms in total. The summed E-state index contributed by atoms with van der Waals surface area (Å²) in [5, 5.41) is 22.9. The minimum Gasteiger partial charge on any atom is -0.545 e. The second-order valence-corrected chi connectivity index (χ2v) is 6.61. The predicted molar refractivity (Wildman–Crippen MR) is 99.1 cm³/mol. The number of amides is 1. The van der Waals surface area contributed by atoms with Gasteiger partial charge in [0.2, 0.25) is 0 Å². The van der Waals surface area contributed by atoms with Crippen LogP contribution in [0.4, 0.5) is 0 Å². The van der Waals surface area contributed by atoms with Gasteiger partial charge in [0.1, 0.15) is 23.2 Å². The van der Waals surface area contributed by atoms with Gasteiger partial charge in [-0.3, -0.25) is 4.79 Å². The number of carbonyl (C=O) groups is 2. The van der Waals surface area contributed by atoms with Gasteiger partial charge in [0.05, 0.1) is 17.1 Å². The van der Waals surface area contributed by atoms with Crippen LogP contribution in [-0.4, -0.2) is 31.1 Å². The van der Waals surface area contributed by atoms with E-state index in [1.165, 1.54) is 24.3 Å². The van der Waals surface area contributed by atoms with Gasteiger partial charge >= 0.3 is 0 Å². The molecule has 1 aliphatic heterocycles. The number of ether oxygens (including phenoxy) is 1. The standard InChI is InChI=1S/C20H17ClN2O5/c21-17-9-12(3-5-16(17)20(25)26)18-6-4-14(28-18)8-13(10-22)19(24)23-11-15-2-1-7-27-15/h3-6,8-9,15H,1-2,7,11H2,(H,23,24)(H,25,26)/p-1/b13-8+/t15-/m1/s1. The van der Waals surface area contributed by atoms with Crippen molar-refractivity contribution in [1.82, 2.24) is 5.32 Å². The highest BCUT2D eigenvalue weighted by Gasteiger charge is 2.18. The lowest BCUT2D eigenvalue weighted by Gasteiger charge is -2.09. The number of halogens is 1. The molecule has 1 N–H and O–H groups in total. The van der Waals surface area contributed by atoms with Crippen molar-refractivity contribution in [2.24, 2.45) is 0 Å². The van der Waals surface area contributed by atoms with Crippen molar-refractivity contribution in [2.45, 2.75) is 18.9 Å². The van der Waals surface area contributed by atoms with Gasteiger partial charge in [-0.2, -0.15) is 5.26 Å². The number of furan rings is 1. The Bertz CT molecular complexity index is 967. The molecule has 0 saturated carbocycles. The molecule has 0 radical (unpaired) electrons. The SMILES string of the molecule is N#C/C(=C\c1ccc(-c2ccc(C(=O)[O-])c(Cl)c2)o1)C(=O)NC[C@H]1CCCO1. The lowest BCUT2D eigenvalue weighted by Crippen LogP contribution is -2.32. The van der Waals surface area contributed by atoms with Crippen LogP contribution in [0.15, 0.2) is 40.3 Å². The average molecular weight is 400 g/mol. The van der Waals surface area contributed by atoms with E-state index in [2.05, 4.69) is 5.32 Å². The number of rotatable bonds is 6. The molecule has 2 heterocycles. The summed E-state index contributed by atoms with van der Waals surface area (Å²) in [6.45, 7) is 1.04. The average Bonchev–Trinajstić information content (AvgIpc) is 3.35. The zero-order valence-electron chi connectivity index (χ0n) is 14.7. The number of benzene rings is 1. The fourth-order valence-corrected chi connectivity index (χ4v) is 3.08. The lowest BCUT2D eigenvalue weighted by atomic mass is 10.1. The number of aromatic carboxylic acids is 1. The van der Waals surface area contributed by atoms with E-state index in [4.69, 9.17) is 20.8 Å². The topological polar surface area (TPSA) is 115 Å². The van der Waals surface area contributed by atoms with Crippen molar-refractivity contribution in [3.63, 3.8) is 0 Å².